The summed E-state index contributed by atoms with van der Waals surface area (Å²) < 4.78 is 6.58. The van der Waals surface area contributed by atoms with Gasteiger partial charge in [-0.05, 0) is 48.6 Å². The van der Waals surface area contributed by atoms with Gasteiger partial charge < -0.3 is 15.0 Å². The molecule has 4 aromatic rings. The van der Waals surface area contributed by atoms with Crippen molar-refractivity contribution in [3.05, 3.63) is 59.5 Å². The summed E-state index contributed by atoms with van der Waals surface area (Å²) in [5.74, 6) is 1.70. The predicted octanol–water partition coefficient (Wildman–Crippen LogP) is 4.93. The molecule has 5 heterocycles. The molecular weight excluding hydrogens is 444 g/mol. The Morgan fingerprint density at radius 3 is 2.71 bits per heavy atom. The molecule has 0 bridgehead atoms. The van der Waals surface area contributed by atoms with Crippen molar-refractivity contribution in [1.82, 2.24) is 19.9 Å². The first-order valence-electron chi connectivity index (χ1n) is 12.1. The molecule has 8 heteroatoms. The maximum Gasteiger partial charge on any atom is 0.162 e. The smallest absolute Gasteiger partial charge is 0.162 e. The molecule has 174 valence electrons. The number of nitrogens with zero attached hydrogens (tertiary/aromatic N) is 5. The molecule has 0 atom stereocenters. The zero-order valence-corrected chi connectivity index (χ0v) is 19.9. The second kappa shape index (κ2) is 9.64. The Morgan fingerprint density at radius 1 is 1.00 bits per heavy atom. The van der Waals surface area contributed by atoms with E-state index < -0.39 is 0 Å². The first kappa shape index (κ1) is 21.4. The van der Waals surface area contributed by atoms with Crippen LogP contribution < -0.4 is 10.2 Å². The van der Waals surface area contributed by atoms with E-state index in [0.717, 1.165) is 70.8 Å². The molecule has 2 aliphatic rings. The number of thiophene rings is 1. The van der Waals surface area contributed by atoms with Crippen LogP contribution in [0, 0.1) is 0 Å². The highest BCUT2D eigenvalue weighted by Gasteiger charge is 2.18. The predicted molar refractivity (Wildman–Crippen MR) is 137 cm³/mol. The van der Waals surface area contributed by atoms with E-state index in [2.05, 4.69) is 44.8 Å². The lowest BCUT2D eigenvalue weighted by Gasteiger charge is -2.28. The zero-order valence-electron chi connectivity index (χ0n) is 19.1. The molecule has 0 unspecified atom stereocenters. The van der Waals surface area contributed by atoms with E-state index in [1.54, 1.807) is 11.3 Å². The summed E-state index contributed by atoms with van der Waals surface area (Å²) in [5.41, 5.74) is 5.09. The number of hydrogen-bond acceptors (Lipinski definition) is 8. The molecule has 1 aliphatic carbocycles. The van der Waals surface area contributed by atoms with Gasteiger partial charge in [0.2, 0.25) is 0 Å². The lowest BCUT2D eigenvalue weighted by Crippen LogP contribution is -2.36. The molecule has 1 saturated heterocycles. The Morgan fingerprint density at radius 2 is 1.88 bits per heavy atom. The number of aromatic nitrogens is 4. The van der Waals surface area contributed by atoms with Crippen LogP contribution in [0.5, 0.6) is 0 Å². The molecule has 1 aliphatic heterocycles. The van der Waals surface area contributed by atoms with Gasteiger partial charge in [0.1, 0.15) is 5.82 Å². The molecule has 0 radical (unpaired) electrons. The Hall–Kier alpha value is -3.10. The summed E-state index contributed by atoms with van der Waals surface area (Å²) in [7, 11) is 0. The van der Waals surface area contributed by atoms with Crippen LogP contribution in [-0.2, 0) is 11.2 Å². The van der Waals surface area contributed by atoms with E-state index in [4.69, 9.17) is 19.7 Å². The fourth-order valence-corrected chi connectivity index (χ4v) is 5.57. The van der Waals surface area contributed by atoms with Crippen LogP contribution in [0.15, 0.2) is 48.1 Å². The van der Waals surface area contributed by atoms with Crippen molar-refractivity contribution < 1.29 is 4.74 Å². The number of hydrogen-bond donors (Lipinski definition) is 1. The van der Waals surface area contributed by atoms with Gasteiger partial charge in [0.05, 0.1) is 35.3 Å². The molecule has 0 amide bonds. The molecule has 4 aromatic heterocycles. The Kier molecular flexibility index (Phi) is 6.08. The lowest BCUT2D eigenvalue weighted by molar-refractivity contribution is 0.122. The topological polar surface area (TPSA) is 76.1 Å². The fourth-order valence-electron chi connectivity index (χ4n) is 4.78. The van der Waals surface area contributed by atoms with Crippen LogP contribution in [0.4, 0.5) is 11.5 Å². The van der Waals surface area contributed by atoms with E-state index in [1.165, 1.54) is 25.7 Å². The van der Waals surface area contributed by atoms with Crippen molar-refractivity contribution in [3.8, 4) is 11.4 Å². The summed E-state index contributed by atoms with van der Waals surface area (Å²) in [5, 5.41) is 5.78. The second-order valence-corrected chi connectivity index (χ2v) is 9.89. The average Bonchev–Trinajstić information content (AvgIpc) is 3.57. The van der Waals surface area contributed by atoms with E-state index in [-0.39, 0.29) is 0 Å². The van der Waals surface area contributed by atoms with Gasteiger partial charge in [-0.2, -0.15) is 0 Å². The molecule has 34 heavy (non-hydrogen) atoms. The minimum atomic E-state index is 0.507. The van der Waals surface area contributed by atoms with Gasteiger partial charge >= 0.3 is 0 Å². The molecule has 7 nitrogen and oxygen atoms in total. The van der Waals surface area contributed by atoms with Crippen molar-refractivity contribution in [2.24, 2.45) is 0 Å². The molecule has 1 saturated carbocycles. The number of ether oxygens (including phenoxy) is 1. The average molecular weight is 473 g/mol. The molecule has 0 aromatic carbocycles. The van der Waals surface area contributed by atoms with Crippen molar-refractivity contribution >= 4 is 33.1 Å². The zero-order chi connectivity index (χ0) is 22.7. The lowest BCUT2D eigenvalue weighted by atomic mass is 10.1. The Balaban J connectivity index is 1.23. The highest BCUT2D eigenvalue weighted by Crippen LogP contribution is 2.31. The maximum atomic E-state index is 5.45. The molecule has 2 fully saturated rings. The van der Waals surface area contributed by atoms with Gasteiger partial charge in [-0.25, -0.2) is 9.97 Å². The van der Waals surface area contributed by atoms with Crippen LogP contribution in [0.2, 0.25) is 0 Å². The van der Waals surface area contributed by atoms with E-state index >= 15 is 0 Å². The minimum Gasteiger partial charge on any atom is -0.378 e. The Labute approximate surface area is 203 Å². The third-order valence-corrected chi connectivity index (χ3v) is 7.53. The van der Waals surface area contributed by atoms with Crippen molar-refractivity contribution in [2.45, 2.75) is 38.1 Å². The van der Waals surface area contributed by atoms with Crippen molar-refractivity contribution in [2.75, 3.05) is 36.5 Å². The van der Waals surface area contributed by atoms with E-state index in [0.29, 0.717) is 12.5 Å². The maximum absolute atomic E-state index is 5.45. The van der Waals surface area contributed by atoms with E-state index in [1.807, 2.05) is 18.5 Å². The molecule has 0 spiro atoms. The molecule has 1 N–H and O–H groups in total. The Bertz CT molecular complexity index is 1260. The summed E-state index contributed by atoms with van der Waals surface area (Å²) in [6.07, 6.45) is 9.48. The third kappa shape index (κ3) is 4.60. The number of morpholine rings is 1. The summed E-state index contributed by atoms with van der Waals surface area (Å²) >= 11 is 1.70. The van der Waals surface area contributed by atoms with Crippen LogP contribution in [0.25, 0.3) is 21.6 Å². The summed E-state index contributed by atoms with van der Waals surface area (Å²) in [6.45, 7) is 3.37. The normalized spacial score (nSPS) is 16.9. The van der Waals surface area contributed by atoms with Gasteiger partial charge in [0.15, 0.2) is 5.82 Å². The molecular formula is C26H28N6OS. The van der Waals surface area contributed by atoms with Crippen LogP contribution in [0.3, 0.4) is 0 Å². The third-order valence-electron chi connectivity index (χ3n) is 6.62. The van der Waals surface area contributed by atoms with Crippen LogP contribution in [0.1, 0.15) is 37.1 Å². The second-order valence-electron chi connectivity index (χ2n) is 8.98. The number of pyridine rings is 2. The summed E-state index contributed by atoms with van der Waals surface area (Å²) in [6, 6.07) is 10.9. The monoisotopic (exact) mass is 472 g/mol. The van der Waals surface area contributed by atoms with Gasteiger partial charge in [-0.3, -0.25) is 9.97 Å². The summed E-state index contributed by atoms with van der Waals surface area (Å²) in [4.78, 5) is 21.4. The highest BCUT2D eigenvalue weighted by atomic mass is 32.1. The van der Waals surface area contributed by atoms with E-state index in [9.17, 15) is 0 Å². The highest BCUT2D eigenvalue weighted by molar-refractivity contribution is 7.17. The first-order chi connectivity index (χ1) is 16.8. The fraction of sp³-hybridized carbons (Fsp3) is 0.385. The first-order valence-corrected chi connectivity index (χ1v) is 12.9. The standard InChI is InChI=1S/C26H28N6OS/c1-2-4-19(3-1)29-26-24-23(8-14-34-24)30-25(31-26)18-7-9-27-21(15-18)16-20-5-6-22(17-28-20)32-10-12-33-13-11-32/h5-9,14-15,17,19H,1-4,10-13,16H2,(H,29,30,31). The van der Waals surface area contributed by atoms with Gasteiger partial charge in [0, 0.05) is 48.7 Å². The molecule has 6 rings (SSSR count). The van der Waals surface area contributed by atoms with Crippen molar-refractivity contribution in [3.63, 3.8) is 0 Å². The largest absolute Gasteiger partial charge is 0.378 e. The quantitative estimate of drug-likeness (QED) is 0.426. The number of anilines is 2. The van der Waals surface area contributed by atoms with Crippen LogP contribution >= 0.6 is 11.3 Å². The minimum absolute atomic E-state index is 0.507. The SMILES string of the molecule is c1cc(-c2nc(NC3CCCC3)c3sccc3n2)cc(Cc2ccc(N3CCOCC3)cn2)n1. The van der Waals surface area contributed by atoms with Gasteiger partial charge in [-0.1, -0.05) is 12.8 Å². The number of nitrogens with one attached hydrogen (secondary N) is 1. The van der Waals surface area contributed by atoms with Gasteiger partial charge in [0.25, 0.3) is 0 Å². The van der Waals surface area contributed by atoms with Crippen molar-refractivity contribution in [1.29, 1.82) is 0 Å². The van der Waals surface area contributed by atoms with Gasteiger partial charge in [-0.15, -0.1) is 11.3 Å². The number of rotatable bonds is 6. The number of fused-ring (bicyclic) bond motifs is 1. The van der Waals surface area contributed by atoms with Crippen LogP contribution in [-0.4, -0.2) is 52.3 Å².